The molecule has 0 aliphatic heterocycles. The molecule has 80 valence electrons. The van der Waals surface area contributed by atoms with E-state index >= 15 is 0 Å². The van der Waals surface area contributed by atoms with Gasteiger partial charge in [0.2, 0.25) is 0 Å². The lowest BCUT2D eigenvalue weighted by Crippen LogP contribution is -2.31. The molecule has 9 nitrogen and oxygen atoms in total. The van der Waals surface area contributed by atoms with Crippen molar-refractivity contribution in [2.75, 3.05) is 20.3 Å². The molecule has 13 heavy (non-hydrogen) atoms. The maximum atomic E-state index is 8.14. The van der Waals surface area contributed by atoms with Crippen LogP contribution in [0.3, 0.4) is 0 Å². The van der Waals surface area contributed by atoms with Crippen LogP contribution in [0.4, 0.5) is 0 Å². The summed E-state index contributed by atoms with van der Waals surface area (Å²) in [6.45, 7) is -0.450. The minimum Gasteiger partial charge on any atom is -0.376 e. The van der Waals surface area contributed by atoms with Crippen LogP contribution in [-0.4, -0.2) is 58.0 Å². The Morgan fingerprint density at radius 1 is 1.00 bits per heavy atom. The average molecular weight is 200 g/mol. The Morgan fingerprint density at radius 3 is 1.62 bits per heavy atom. The molecular formula is C4H12N2O7. The van der Waals surface area contributed by atoms with Crippen molar-refractivity contribution in [2.24, 2.45) is 0 Å². The first-order valence-electron chi connectivity index (χ1n) is 3.20. The number of nitrogens with zero attached hydrogens (tertiary/aromatic N) is 2. The van der Waals surface area contributed by atoms with Gasteiger partial charge in [0.25, 0.3) is 0 Å². The highest BCUT2D eigenvalue weighted by Crippen LogP contribution is 1.94. The molecule has 9 heteroatoms. The molecule has 0 aliphatic carbocycles. The van der Waals surface area contributed by atoms with Gasteiger partial charge in [0.05, 0.1) is 10.8 Å². The predicted octanol–water partition coefficient (Wildman–Crippen LogP) is -0.975. The third-order valence-electron chi connectivity index (χ3n) is 1.09. The van der Waals surface area contributed by atoms with Crippen molar-refractivity contribution in [3.63, 3.8) is 0 Å². The van der Waals surface area contributed by atoms with Crippen molar-refractivity contribution in [3.05, 3.63) is 0 Å². The molecule has 0 rings (SSSR count). The van der Waals surface area contributed by atoms with E-state index in [2.05, 4.69) is 9.68 Å². The summed E-state index contributed by atoms with van der Waals surface area (Å²) in [5.41, 5.74) is 0. The number of rotatable bonds is 7. The van der Waals surface area contributed by atoms with Crippen LogP contribution in [0.2, 0.25) is 0 Å². The predicted molar refractivity (Wildman–Crippen MR) is 33.5 cm³/mol. The highest BCUT2D eigenvalue weighted by Gasteiger charge is 2.11. The fourth-order valence-corrected chi connectivity index (χ4v) is 0.484. The molecule has 0 saturated heterocycles. The van der Waals surface area contributed by atoms with Crippen LogP contribution in [0.1, 0.15) is 0 Å². The summed E-state index contributed by atoms with van der Waals surface area (Å²) in [7, 11) is 1.32. The van der Waals surface area contributed by atoms with Crippen LogP contribution in [0.15, 0.2) is 0 Å². The van der Waals surface area contributed by atoms with Gasteiger partial charge in [-0.15, -0.1) is 0 Å². The lowest BCUT2D eigenvalue weighted by molar-refractivity contribution is -0.506. The minimum absolute atomic E-state index is 0.225. The van der Waals surface area contributed by atoms with E-state index in [1.807, 2.05) is 0 Å². The monoisotopic (exact) mass is 200 g/mol. The standard InChI is InChI=1S/C4H12N2O7/c1-11-4(2-12-5(7)8)3-13-6(9)10/h4,7-10H,2-3H2,1H3. The molecule has 0 amide bonds. The fourth-order valence-electron chi connectivity index (χ4n) is 0.484. The lowest BCUT2D eigenvalue weighted by Gasteiger charge is -2.16. The van der Waals surface area contributed by atoms with Gasteiger partial charge in [-0.3, -0.25) is 20.8 Å². The Balaban J connectivity index is 3.51. The van der Waals surface area contributed by atoms with Gasteiger partial charge in [-0.25, -0.2) is 9.68 Å². The molecule has 0 aromatic rings. The minimum atomic E-state index is -0.677. The summed E-state index contributed by atoms with van der Waals surface area (Å²) in [5, 5.41) is 31.6. The summed E-state index contributed by atoms with van der Waals surface area (Å²) in [5.74, 6) is 0. The summed E-state index contributed by atoms with van der Waals surface area (Å²) < 4.78 is 4.70. The first kappa shape index (κ1) is 12.6. The Labute approximate surface area is 73.6 Å². The Morgan fingerprint density at radius 2 is 1.38 bits per heavy atom. The van der Waals surface area contributed by atoms with Gasteiger partial charge in [-0.05, 0) is 0 Å². The highest BCUT2D eigenvalue weighted by atomic mass is 17.1. The van der Waals surface area contributed by atoms with Crippen LogP contribution < -0.4 is 0 Å². The quantitative estimate of drug-likeness (QED) is 0.385. The second kappa shape index (κ2) is 7.08. The molecule has 0 fully saturated rings. The van der Waals surface area contributed by atoms with Gasteiger partial charge in [-0.1, -0.05) is 0 Å². The number of ether oxygens (including phenoxy) is 1. The summed E-state index contributed by atoms with van der Waals surface area (Å²) in [4.78, 5) is 8.37. The highest BCUT2D eigenvalue weighted by molar-refractivity contribution is 4.51. The lowest BCUT2D eigenvalue weighted by atomic mass is 10.4. The van der Waals surface area contributed by atoms with E-state index in [4.69, 9.17) is 25.6 Å². The fraction of sp³-hybridized carbons (Fsp3) is 1.00. The third-order valence-corrected chi connectivity index (χ3v) is 1.09. The van der Waals surface area contributed by atoms with Crippen LogP contribution >= 0.6 is 0 Å². The smallest absolute Gasteiger partial charge is 0.108 e. The number of methoxy groups -OCH3 is 1. The van der Waals surface area contributed by atoms with E-state index in [1.54, 1.807) is 0 Å². The van der Waals surface area contributed by atoms with Crippen molar-refractivity contribution in [2.45, 2.75) is 6.10 Å². The maximum absolute atomic E-state index is 8.14. The second-order valence-corrected chi connectivity index (χ2v) is 1.95. The molecule has 0 bridgehead atoms. The third kappa shape index (κ3) is 7.98. The summed E-state index contributed by atoms with van der Waals surface area (Å²) in [6.07, 6.45) is -0.677. The Kier molecular flexibility index (Phi) is 6.89. The van der Waals surface area contributed by atoms with Gasteiger partial charge in [0.1, 0.15) is 19.3 Å². The van der Waals surface area contributed by atoms with E-state index < -0.39 is 16.9 Å². The van der Waals surface area contributed by atoms with Crippen LogP contribution in [0.25, 0.3) is 0 Å². The van der Waals surface area contributed by atoms with E-state index in [9.17, 15) is 0 Å². The van der Waals surface area contributed by atoms with Crippen molar-refractivity contribution in [1.82, 2.24) is 10.8 Å². The van der Waals surface area contributed by atoms with Crippen molar-refractivity contribution in [1.29, 1.82) is 0 Å². The van der Waals surface area contributed by atoms with E-state index in [0.717, 1.165) is 0 Å². The second-order valence-electron chi connectivity index (χ2n) is 1.95. The van der Waals surface area contributed by atoms with Gasteiger partial charge in [0.15, 0.2) is 0 Å². The number of hydrogen-bond donors (Lipinski definition) is 4. The number of hydrogen-bond acceptors (Lipinski definition) is 9. The Bertz CT molecular complexity index is 109. The van der Waals surface area contributed by atoms with Gasteiger partial charge < -0.3 is 4.74 Å². The van der Waals surface area contributed by atoms with Crippen molar-refractivity contribution < 1.29 is 35.2 Å². The largest absolute Gasteiger partial charge is 0.376 e. The zero-order chi connectivity index (χ0) is 10.3. The molecule has 0 aromatic heterocycles. The maximum Gasteiger partial charge on any atom is 0.108 e. The SMILES string of the molecule is COC(CON(O)O)CON(O)O. The molecule has 0 aliphatic rings. The normalized spacial score (nSPS) is 12.0. The molecule has 4 N–H and O–H groups in total. The zero-order valence-corrected chi connectivity index (χ0v) is 6.90. The van der Waals surface area contributed by atoms with Gasteiger partial charge in [0, 0.05) is 7.11 Å². The molecule has 0 radical (unpaired) electrons. The molecule has 0 atom stereocenters. The summed E-state index contributed by atoms with van der Waals surface area (Å²) >= 11 is 0. The van der Waals surface area contributed by atoms with Gasteiger partial charge in [-0.2, -0.15) is 0 Å². The molecule has 0 heterocycles. The van der Waals surface area contributed by atoms with Crippen LogP contribution in [0.5, 0.6) is 0 Å². The molecule has 0 unspecified atom stereocenters. The van der Waals surface area contributed by atoms with Gasteiger partial charge >= 0.3 is 0 Å². The van der Waals surface area contributed by atoms with Crippen molar-refractivity contribution >= 4 is 0 Å². The van der Waals surface area contributed by atoms with Crippen LogP contribution in [-0.2, 0) is 14.4 Å². The Hall–Kier alpha value is -0.360. The van der Waals surface area contributed by atoms with E-state index in [-0.39, 0.29) is 13.2 Å². The van der Waals surface area contributed by atoms with E-state index in [0.29, 0.717) is 0 Å². The van der Waals surface area contributed by atoms with Crippen molar-refractivity contribution in [3.8, 4) is 0 Å². The van der Waals surface area contributed by atoms with E-state index in [1.165, 1.54) is 7.11 Å². The summed E-state index contributed by atoms with van der Waals surface area (Å²) in [6, 6.07) is 0. The molecule has 0 saturated carbocycles. The zero-order valence-electron chi connectivity index (χ0n) is 6.90. The average Bonchev–Trinajstić information content (AvgIpc) is 2.04. The van der Waals surface area contributed by atoms with Crippen LogP contribution in [0, 0.1) is 0 Å². The molecule has 0 aromatic carbocycles. The first-order chi connectivity index (χ1) is 6.06. The molecule has 0 spiro atoms. The molecular weight excluding hydrogens is 188 g/mol. The first-order valence-corrected chi connectivity index (χ1v) is 3.20. The topological polar surface area (TPSA) is 115 Å².